The molecule has 2 aromatic rings. The lowest BCUT2D eigenvalue weighted by Crippen LogP contribution is -2.42. The second kappa shape index (κ2) is 10.3. The molecule has 0 radical (unpaired) electrons. The largest absolute Gasteiger partial charge is 0.493 e. The molecule has 3 N–H and O–H groups in total. The molecular formula is C21H24BrF3N2O4. The second-order valence-electron chi connectivity index (χ2n) is 7.41. The Balaban J connectivity index is 2.04. The molecule has 2 aromatic carbocycles. The Morgan fingerprint density at radius 3 is 2.48 bits per heavy atom. The maximum absolute atomic E-state index is 12.8. The Morgan fingerprint density at radius 2 is 1.87 bits per heavy atom. The highest BCUT2D eigenvalue weighted by Crippen LogP contribution is 2.34. The molecular weight excluding hydrogens is 481 g/mol. The third kappa shape index (κ3) is 7.41. The Bertz CT molecular complexity index is 920. The normalized spacial score (nSPS) is 11.9. The van der Waals surface area contributed by atoms with Crippen LogP contribution >= 0.6 is 15.9 Å². The van der Waals surface area contributed by atoms with E-state index in [9.17, 15) is 23.1 Å². The predicted octanol–water partition coefficient (Wildman–Crippen LogP) is 4.35. The van der Waals surface area contributed by atoms with Crippen LogP contribution in [0.4, 0.5) is 18.9 Å². The summed E-state index contributed by atoms with van der Waals surface area (Å²) in [6, 6.07) is 7.71. The summed E-state index contributed by atoms with van der Waals surface area (Å²) < 4.78 is 49.9. The molecule has 0 aliphatic carbocycles. The molecule has 1 amide bonds. The molecule has 10 heteroatoms. The van der Waals surface area contributed by atoms with Crippen molar-refractivity contribution in [1.29, 1.82) is 0 Å². The smallest absolute Gasteiger partial charge is 0.416 e. The number of carbonyl (C=O) groups is 1. The summed E-state index contributed by atoms with van der Waals surface area (Å²) in [5.41, 5.74) is -0.461. The number of aliphatic hydroxyl groups is 1. The van der Waals surface area contributed by atoms with Gasteiger partial charge in [-0.05, 0) is 49.7 Å². The zero-order valence-corrected chi connectivity index (χ0v) is 18.9. The van der Waals surface area contributed by atoms with Crippen LogP contribution < -0.4 is 20.1 Å². The zero-order valence-electron chi connectivity index (χ0n) is 17.3. The average molecular weight is 505 g/mol. The number of anilines is 1. The summed E-state index contributed by atoms with van der Waals surface area (Å²) in [6.07, 6.45) is -4.50. The van der Waals surface area contributed by atoms with Crippen molar-refractivity contribution in [2.75, 3.05) is 25.6 Å². The number of carbonyl (C=O) groups excluding carboxylic acids is 1. The van der Waals surface area contributed by atoms with Crippen molar-refractivity contribution in [2.45, 2.75) is 32.1 Å². The van der Waals surface area contributed by atoms with E-state index in [2.05, 4.69) is 26.6 Å². The molecule has 0 aliphatic rings. The lowest BCUT2D eigenvalue weighted by Gasteiger charge is -2.24. The SMILES string of the molecule is COc1cc(CNC(C)(C)CO)c(Br)cc1OCC(=O)Nc1cccc(C(F)(F)F)c1. The van der Waals surface area contributed by atoms with Crippen molar-refractivity contribution in [3.05, 3.63) is 52.0 Å². The van der Waals surface area contributed by atoms with Gasteiger partial charge in [0.1, 0.15) is 0 Å². The molecule has 0 aromatic heterocycles. The summed E-state index contributed by atoms with van der Waals surface area (Å²) in [5, 5.41) is 14.9. The summed E-state index contributed by atoms with van der Waals surface area (Å²) in [7, 11) is 1.45. The standard InChI is InChI=1S/C21H24BrF3N2O4/c1-20(2,12-28)26-10-13-7-17(30-3)18(9-16(13)22)31-11-19(29)27-15-6-4-5-14(8-15)21(23,24)25/h4-9,26,28H,10-12H2,1-3H3,(H,27,29). The minimum Gasteiger partial charge on any atom is -0.493 e. The van der Waals surface area contributed by atoms with Crippen LogP contribution in [0.3, 0.4) is 0 Å². The Labute approximate surface area is 186 Å². The number of alkyl halides is 3. The van der Waals surface area contributed by atoms with Crippen molar-refractivity contribution >= 4 is 27.5 Å². The van der Waals surface area contributed by atoms with E-state index in [1.807, 2.05) is 13.8 Å². The highest BCUT2D eigenvalue weighted by Gasteiger charge is 2.30. The maximum Gasteiger partial charge on any atom is 0.416 e. The number of aliphatic hydroxyl groups excluding tert-OH is 1. The molecule has 0 saturated heterocycles. The monoisotopic (exact) mass is 504 g/mol. The van der Waals surface area contributed by atoms with Gasteiger partial charge >= 0.3 is 6.18 Å². The van der Waals surface area contributed by atoms with E-state index in [1.165, 1.54) is 19.2 Å². The number of rotatable bonds is 9. The molecule has 31 heavy (non-hydrogen) atoms. The first-order chi connectivity index (χ1) is 14.4. The fourth-order valence-electron chi connectivity index (χ4n) is 2.49. The molecule has 0 atom stereocenters. The molecule has 0 fully saturated rings. The molecule has 0 bridgehead atoms. The molecule has 6 nitrogen and oxygen atoms in total. The van der Waals surface area contributed by atoms with Crippen LogP contribution in [0, 0.1) is 0 Å². The minimum absolute atomic E-state index is 0.0180. The highest BCUT2D eigenvalue weighted by atomic mass is 79.9. The quantitative estimate of drug-likeness (QED) is 0.472. The van der Waals surface area contributed by atoms with Crippen LogP contribution in [-0.2, 0) is 17.5 Å². The lowest BCUT2D eigenvalue weighted by atomic mass is 10.1. The summed E-state index contributed by atoms with van der Waals surface area (Å²) in [4.78, 5) is 12.1. The van der Waals surface area contributed by atoms with Crippen molar-refractivity contribution in [2.24, 2.45) is 0 Å². The third-order valence-electron chi connectivity index (χ3n) is 4.32. The lowest BCUT2D eigenvalue weighted by molar-refractivity contribution is -0.137. The number of ether oxygens (including phenoxy) is 2. The first-order valence-corrected chi connectivity index (χ1v) is 10.1. The third-order valence-corrected chi connectivity index (χ3v) is 5.06. The van der Waals surface area contributed by atoms with E-state index in [0.717, 1.165) is 17.7 Å². The van der Waals surface area contributed by atoms with Gasteiger partial charge in [-0.2, -0.15) is 13.2 Å². The van der Waals surface area contributed by atoms with Gasteiger partial charge in [0.05, 0.1) is 19.3 Å². The fourth-order valence-corrected chi connectivity index (χ4v) is 2.95. The van der Waals surface area contributed by atoms with Crippen molar-refractivity contribution in [3.63, 3.8) is 0 Å². The number of amides is 1. The molecule has 0 saturated carbocycles. The van der Waals surface area contributed by atoms with Crippen LogP contribution in [0.5, 0.6) is 11.5 Å². The Morgan fingerprint density at radius 1 is 1.16 bits per heavy atom. The van der Waals surface area contributed by atoms with Crippen LogP contribution in [0.15, 0.2) is 40.9 Å². The molecule has 0 unspecified atom stereocenters. The van der Waals surface area contributed by atoms with Crippen LogP contribution in [-0.4, -0.2) is 36.9 Å². The van der Waals surface area contributed by atoms with E-state index >= 15 is 0 Å². The van der Waals surface area contributed by atoms with Crippen LogP contribution in [0.2, 0.25) is 0 Å². The van der Waals surface area contributed by atoms with Crippen molar-refractivity contribution in [1.82, 2.24) is 5.32 Å². The molecule has 0 spiro atoms. The highest BCUT2D eigenvalue weighted by molar-refractivity contribution is 9.10. The first kappa shape index (κ1) is 25.0. The number of benzene rings is 2. The molecule has 0 heterocycles. The van der Waals surface area contributed by atoms with Gasteiger partial charge in [-0.3, -0.25) is 4.79 Å². The van der Waals surface area contributed by atoms with Gasteiger partial charge in [-0.1, -0.05) is 22.0 Å². The number of methoxy groups -OCH3 is 1. The number of hydrogen-bond acceptors (Lipinski definition) is 5. The van der Waals surface area contributed by atoms with Gasteiger partial charge < -0.3 is 25.2 Å². The van der Waals surface area contributed by atoms with Gasteiger partial charge in [0.15, 0.2) is 18.1 Å². The maximum atomic E-state index is 12.8. The van der Waals surface area contributed by atoms with Crippen LogP contribution in [0.1, 0.15) is 25.0 Å². The molecule has 0 aliphatic heterocycles. The van der Waals surface area contributed by atoms with Gasteiger partial charge in [-0.25, -0.2) is 0 Å². The Hall–Kier alpha value is -2.30. The van der Waals surface area contributed by atoms with E-state index in [4.69, 9.17) is 9.47 Å². The first-order valence-electron chi connectivity index (χ1n) is 9.27. The average Bonchev–Trinajstić information content (AvgIpc) is 2.71. The predicted molar refractivity (Wildman–Crippen MR) is 114 cm³/mol. The molecule has 2 rings (SSSR count). The number of hydrogen-bond donors (Lipinski definition) is 3. The Kier molecular flexibility index (Phi) is 8.33. The summed E-state index contributed by atoms with van der Waals surface area (Å²) in [6.45, 7) is 3.70. The van der Waals surface area contributed by atoms with E-state index in [0.29, 0.717) is 22.5 Å². The van der Waals surface area contributed by atoms with E-state index < -0.39 is 29.8 Å². The summed E-state index contributed by atoms with van der Waals surface area (Å²) in [5.74, 6) is 0.0559. The zero-order chi connectivity index (χ0) is 23.2. The van der Waals surface area contributed by atoms with Gasteiger partial charge in [0.2, 0.25) is 0 Å². The number of nitrogens with one attached hydrogen (secondary N) is 2. The van der Waals surface area contributed by atoms with Gasteiger partial charge in [0, 0.05) is 22.2 Å². The number of halogens is 4. The second-order valence-corrected chi connectivity index (χ2v) is 8.26. The van der Waals surface area contributed by atoms with Crippen LogP contribution in [0.25, 0.3) is 0 Å². The van der Waals surface area contributed by atoms with Gasteiger partial charge in [0.25, 0.3) is 5.91 Å². The topological polar surface area (TPSA) is 79.8 Å². The van der Waals surface area contributed by atoms with E-state index in [1.54, 1.807) is 12.1 Å². The van der Waals surface area contributed by atoms with Gasteiger partial charge in [-0.15, -0.1) is 0 Å². The van der Waals surface area contributed by atoms with Crippen molar-refractivity contribution in [3.8, 4) is 11.5 Å². The molecule has 170 valence electrons. The minimum atomic E-state index is -4.50. The van der Waals surface area contributed by atoms with E-state index in [-0.39, 0.29) is 12.3 Å². The summed E-state index contributed by atoms with van der Waals surface area (Å²) >= 11 is 3.44. The fraction of sp³-hybridized carbons (Fsp3) is 0.381. The van der Waals surface area contributed by atoms with Crippen molar-refractivity contribution < 1.29 is 32.5 Å².